The first-order chi connectivity index (χ1) is 9.20. The smallest absolute Gasteiger partial charge is 0.162 e. The van der Waals surface area contributed by atoms with E-state index in [1.165, 1.54) is 6.07 Å². The Morgan fingerprint density at radius 1 is 1.21 bits per heavy atom. The summed E-state index contributed by atoms with van der Waals surface area (Å²) in [6, 6.07) is 4.62. The molecule has 1 aliphatic carbocycles. The van der Waals surface area contributed by atoms with Gasteiger partial charge in [0.25, 0.3) is 0 Å². The molecule has 0 bridgehead atoms. The highest BCUT2D eigenvalue weighted by molar-refractivity contribution is 9.08. The summed E-state index contributed by atoms with van der Waals surface area (Å²) in [7, 11) is 0. The average Bonchev–Trinajstić information content (AvgIpc) is 3.16. The second-order valence-electron chi connectivity index (χ2n) is 4.66. The zero-order chi connectivity index (χ0) is 13.4. The van der Waals surface area contributed by atoms with Crippen LogP contribution < -0.4 is 0 Å². The van der Waals surface area contributed by atoms with Gasteiger partial charge in [0.1, 0.15) is 11.6 Å². The van der Waals surface area contributed by atoms with Crippen molar-refractivity contribution in [2.24, 2.45) is 0 Å². The molecule has 0 unspecified atom stereocenters. The number of nitrogens with zero attached hydrogens (tertiary/aromatic N) is 3. The van der Waals surface area contributed by atoms with Crippen LogP contribution in [-0.2, 0) is 11.8 Å². The topological polar surface area (TPSA) is 30.7 Å². The molecule has 0 amide bonds. The number of rotatable bonds is 4. The van der Waals surface area contributed by atoms with Crippen LogP contribution in [0, 0.1) is 11.6 Å². The van der Waals surface area contributed by atoms with Gasteiger partial charge in [-0.25, -0.2) is 8.78 Å². The number of benzene rings is 1. The van der Waals surface area contributed by atoms with Crippen molar-refractivity contribution < 1.29 is 8.78 Å². The quantitative estimate of drug-likeness (QED) is 0.806. The Balaban J connectivity index is 1.95. The Hall–Kier alpha value is -1.30. The third-order valence-electron chi connectivity index (χ3n) is 3.25. The fraction of sp³-hybridized carbons (Fsp3) is 0.385. The molecule has 0 N–H and O–H groups in total. The molecule has 0 spiro atoms. The SMILES string of the molecule is Fc1cccc(Cc2nnc(CBr)n2C2CC2)c1F. The summed E-state index contributed by atoms with van der Waals surface area (Å²) in [5.74, 6) is -0.0836. The minimum atomic E-state index is -0.823. The molecule has 1 fully saturated rings. The van der Waals surface area contributed by atoms with Gasteiger partial charge in [0.05, 0.1) is 5.33 Å². The van der Waals surface area contributed by atoms with Crippen LogP contribution in [0.5, 0.6) is 0 Å². The highest BCUT2D eigenvalue weighted by Gasteiger charge is 2.29. The molecule has 0 radical (unpaired) electrons. The van der Waals surface area contributed by atoms with E-state index in [4.69, 9.17) is 0 Å². The maximum atomic E-state index is 13.7. The van der Waals surface area contributed by atoms with Gasteiger partial charge in [0.15, 0.2) is 11.6 Å². The molecule has 0 atom stereocenters. The zero-order valence-corrected chi connectivity index (χ0v) is 11.7. The normalized spacial score (nSPS) is 14.9. The van der Waals surface area contributed by atoms with Gasteiger partial charge >= 0.3 is 0 Å². The van der Waals surface area contributed by atoms with Crippen molar-refractivity contribution in [1.82, 2.24) is 14.8 Å². The second-order valence-corrected chi connectivity index (χ2v) is 5.22. The third-order valence-corrected chi connectivity index (χ3v) is 3.75. The molecule has 1 aliphatic rings. The van der Waals surface area contributed by atoms with E-state index in [2.05, 4.69) is 26.1 Å². The lowest BCUT2D eigenvalue weighted by Gasteiger charge is -2.08. The van der Waals surface area contributed by atoms with Crippen LogP contribution >= 0.6 is 15.9 Å². The van der Waals surface area contributed by atoms with Crippen LogP contribution in [-0.4, -0.2) is 14.8 Å². The lowest BCUT2D eigenvalue weighted by molar-refractivity contribution is 0.499. The van der Waals surface area contributed by atoms with Crippen molar-refractivity contribution in [3.8, 4) is 0 Å². The number of aromatic nitrogens is 3. The molecule has 2 aromatic rings. The summed E-state index contributed by atoms with van der Waals surface area (Å²) in [5.41, 5.74) is 0.315. The molecule has 19 heavy (non-hydrogen) atoms. The van der Waals surface area contributed by atoms with Gasteiger partial charge in [-0.1, -0.05) is 28.1 Å². The molecule has 1 saturated carbocycles. The van der Waals surface area contributed by atoms with E-state index in [0.29, 0.717) is 22.8 Å². The fourth-order valence-corrected chi connectivity index (χ4v) is 2.56. The molecule has 1 heterocycles. The summed E-state index contributed by atoms with van der Waals surface area (Å²) in [6.07, 6.45) is 2.45. The molecule has 100 valence electrons. The number of hydrogen-bond donors (Lipinski definition) is 0. The molecule has 3 nitrogen and oxygen atoms in total. The number of alkyl halides is 1. The van der Waals surface area contributed by atoms with Crippen molar-refractivity contribution in [1.29, 1.82) is 0 Å². The minimum Gasteiger partial charge on any atom is -0.311 e. The lowest BCUT2D eigenvalue weighted by Crippen LogP contribution is -2.07. The Bertz CT molecular complexity index is 608. The Labute approximate surface area is 117 Å². The number of hydrogen-bond acceptors (Lipinski definition) is 2. The first-order valence-corrected chi connectivity index (χ1v) is 7.24. The van der Waals surface area contributed by atoms with E-state index in [9.17, 15) is 8.78 Å². The largest absolute Gasteiger partial charge is 0.311 e. The van der Waals surface area contributed by atoms with Gasteiger partial charge in [0.2, 0.25) is 0 Å². The maximum Gasteiger partial charge on any atom is 0.162 e. The highest BCUT2D eigenvalue weighted by atomic mass is 79.9. The van der Waals surface area contributed by atoms with E-state index >= 15 is 0 Å². The van der Waals surface area contributed by atoms with Crippen molar-refractivity contribution >= 4 is 15.9 Å². The summed E-state index contributed by atoms with van der Waals surface area (Å²) in [4.78, 5) is 0. The molecule has 0 saturated heterocycles. The maximum absolute atomic E-state index is 13.7. The standard InChI is InChI=1S/C13H12BrF2N3/c14-7-12-18-17-11(19(12)9-4-5-9)6-8-2-1-3-10(15)13(8)16/h1-3,9H,4-7H2. The monoisotopic (exact) mass is 327 g/mol. The third kappa shape index (κ3) is 2.41. The van der Waals surface area contributed by atoms with Crippen molar-refractivity contribution in [3.63, 3.8) is 0 Å². The summed E-state index contributed by atoms with van der Waals surface area (Å²) >= 11 is 3.37. The van der Waals surface area contributed by atoms with Crippen LogP contribution in [0.25, 0.3) is 0 Å². The predicted molar refractivity (Wildman–Crippen MR) is 70.1 cm³/mol. The molecule has 1 aromatic carbocycles. The van der Waals surface area contributed by atoms with E-state index in [-0.39, 0.29) is 6.42 Å². The van der Waals surface area contributed by atoms with Crippen LogP contribution in [0.2, 0.25) is 0 Å². The van der Waals surface area contributed by atoms with E-state index in [1.807, 2.05) is 4.57 Å². The molecular weight excluding hydrogens is 316 g/mol. The average molecular weight is 328 g/mol. The molecule has 1 aromatic heterocycles. The Morgan fingerprint density at radius 2 is 1.95 bits per heavy atom. The van der Waals surface area contributed by atoms with Crippen molar-refractivity contribution in [2.45, 2.75) is 30.6 Å². The van der Waals surface area contributed by atoms with Gasteiger partial charge in [-0.3, -0.25) is 0 Å². The molecule has 3 rings (SSSR count). The van der Waals surface area contributed by atoms with Crippen LogP contribution in [0.4, 0.5) is 8.78 Å². The lowest BCUT2D eigenvalue weighted by atomic mass is 10.1. The second kappa shape index (κ2) is 5.00. The molecular formula is C13H12BrF2N3. The van der Waals surface area contributed by atoms with Gasteiger partial charge in [-0.2, -0.15) is 0 Å². The predicted octanol–water partition coefficient (Wildman–Crippen LogP) is 3.38. The first-order valence-electron chi connectivity index (χ1n) is 6.12. The van der Waals surface area contributed by atoms with Crippen LogP contribution in [0.1, 0.15) is 36.1 Å². The fourth-order valence-electron chi connectivity index (χ4n) is 2.18. The van der Waals surface area contributed by atoms with Gasteiger partial charge in [-0.05, 0) is 24.5 Å². The van der Waals surface area contributed by atoms with Gasteiger partial charge in [0, 0.05) is 12.5 Å². The first kappa shape index (κ1) is 12.7. The summed E-state index contributed by atoms with van der Waals surface area (Å²) in [5, 5.41) is 8.82. The minimum absolute atomic E-state index is 0.264. The zero-order valence-electron chi connectivity index (χ0n) is 10.1. The summed E-state index contributed by atoms with van der Waals surface area (Å²) < 4.78 is 28.9. The summed E-state index contributed by atoms with van der Waals surface area (Å²) in [6.45, 7) is 0. The van der Waals surface area contributed by atoms with Gasteiger partial charge in [-0.15, -0.1) is 10.2 Å². The van der Waals surface area contributed by atoms with E-state index in [1.54, 1.807) is 6.07 Å². The van der Waals surface area contributed by atoms with Crippen molar-refractivity contribution in [2.75, 3.05) is 0 Å². The van der Waals surface area contributed by atoms with Gasteiger partial charge < -0.3 is 4.57 Å². The molecule has 6 heteroatoms. The van der Waals surface area contributed by atoms with Crippen LogP contribution in [0.15, 0.2) is 18.2 Å². The molecule has 0 aliphatic heterocycles. The Kier molecular flexibility index (Phi) is 3.35. The Morgan fingerprint density at radius 3 is 2.63 bits per heavy atom. The highest BCUT2D eigenvalue weighted by Crippen LogP contribution is 2.37. The van der Waals surface area contributed by atoms with Crippen LogP contribution in [0.3, 0.4) is 0 Å². The van der Waals surface area contributed by atoms with E-state index < -0.39 is 11.6 Å². The number of halogens is 3. The van der Waals surface area contributed by atoms with E-state index in [0.717, 1.165) is 24.7 Å². The van der Waals surface area contributed by atoms with Crippen molar-refractivity contribution in [3.05, 3.63) is 47.0 Å².